The maximum atomic E-state index is 12.1. The lowest BCUT2D eigenvalue weighted by Gasteiger charge is -2.08. The number of hydrogen-bond acceptors (Lipinski definition) is 2. The molecule has 0 atom stereocenters. The molecule has 0 unspecified atom stereocenters. The molecule has 2 rings (SSSR count). The summed E-state index contributed by atoms with van der Waals surface area (Å²) in [6.07, 6.45) is 0.786. The number of nitrogens with one attached hydrogen (secondary N) is 1. The lowest BCUT2D eigenvalue weighted by Crippen LogP contribution is -2.25. The molecule has 0 fully saturated rings. The third-order valence-electron chi connectivity index (χ3n) is 3.08. The molecule has 0 saturated heterocycles. The van der Waals surface area contributed by atoms with Crippen molar-refractivity contribution in [2.75, 3.05) is 20.3 Å². The Morgan fingerprint density at radius 2 is 1.90 bits per heavy atom. The summed E-state index contributed by atoms with van der Waals surface area (Å²) < 4.78 is 4.95. The van der Waals surface area contributed by atoms with Gasteiger partial charge >= 0.3 is 0 Å². The molecule has 0 saturated carbocycles. The van der Waals surface area contributed by atoms with Crippen molar-refractivity contribution in [2.45, 2.75) is 6.42 Å². The van der Waals surface area contributed by atoms with E-state index >= 15 is 0 Å². The Hall–Kier alpha value is -1.84. The van der Waals surface area contributed by atoms with Gasteiger partial charge in [-0.25, -0.2) is 0 Å². The van der Waals surface area contributed by atoms with Crippen LogP contribution in [0.3, 0.4) is 0 Å². The van der Waals surface area contributed by atoms with Crippen molar-refractivity contribution in [3.63, 3.8) is 0 Å². The van der Waals surface area contributed by atoms with E-state index in [1.807, 2.05) is 42.5 Å². The first kappa shape index (κ1) is 15.5. The second-order valence-corrected chi connectivity index (χ2v) is 5.13. The zero-order valence-electron chi connectivity index (χ0n) is 11.9. The first-order valence-corrected chi connectivity index (χ1v) is 7.21. The van der Waals surface area contributed by atoms with E-state index in [2.05, 4.69) is 5.32 Å². The van der Waals surface area contributed by atoms with E-state index < -0.39 is 0 Å². The van der Waals surface area contributed by atoms with Crippen LogP contribution in [0.5, 0.6) is 0 Å². The number of carbonyl (C=O) groups excluding carboxylic acids is 1. The van der Waals surface area contributed by atoms with Crippen LogP contribution in [-0.2, 0) is 4.74 Å². The van der Waals surface area contributed by atoms with Crippen LogP contribution in [0.4, 0.5) is 0 Å². The third kappa shape index (κ3) is 4.59. The highest BCUT2D eigenvalue weighted by molar-refractivity contribution is 6.31. The molecule has 1 N–H and O–H groups in total. The fourth-order valence-corrected chi connectivity index (χ4v) is 2.27. The van der Waals surface area contributed by atoms with E-state index in [0.29, 0.717) is 23.7 Å². The second kappa shape index (κ2) is 7.81. The van der Waals surface area contributed by atoms with Crippen molar-refractivity contribution < 1.29 is 9.53 Å². The molecule has 0 bridgehead atoms. The van der Waals surface area contributed by atoms with E-state index in [-0.39, 0.29) is 5.91 Å². The molecule has 1 amide bonds. The van der Waals surface area contributed by atoms with Crippen LogP contribution in [-0.4, -0.2) is 26.2 Å². The number of benzene rings is 2. The van der Waals surface area contributed by atoms with E-state index in [1.54, 1.807) is 13.2 Å². The zero-order chi connectivity index (χ0) is 15.1. The molecule has 21 heavy (non-hydrogen) atoms. The SMILES string of the molecule is COCCCNC(=O)c1cc(Cl)cc(-c2ccccc2)c1. The van der Waals surface area contributed by atoms with Gasteiger partial charge in [0.1, 0.15) is 0 Å². The molecule has 0 radical (unpaired) electrons. The van der Waals surface area contributed by atoms with Crippen LogP contribution in [0.2, 0.25) is 5.02 Å². The van der Waals surface area contributed by atoms with Crippen LogP contribution >= 0.6 is 11.6 Å². The van der Waals surface area contributed by atoms with Gasteiger partial charge in [0.2, 0.25) is 0 Å². The van der Waals surface area contributed by atoms with Crippen molar-refractivity contribution in [3.8, 4) is 11.1 Å². The monoisotopic (exact) mass is 303 g/mol. The maximum absolute atomic E-state index is 12.1. The Kier molecular flexibility index (Phi) is 5.78. The highest BCUT2D eigenvalue weighted by atomic mass is 35.5. The van der Waals surface area contributed by atoms with Gasteiger partial charge in [0.05, 0.1) is 0 Å². The molecule has 0 heterocycles. The van der Waals surface area contributed by atoms with Gasteiger partial charge in [0, 0.05) is 30.8 Å². The maximum Gasteiger partial charge on any atom is 0.251 e. The lowest BCUT2D eigenvalue weighted by atomic mass is 10.0. The first-order valence-electron chi connectivity index (χ1n) is 6.84. The molecule has 0 aliphatic heterocycles. The molecule has 0 aliphatic rings. The van der Waals surface area contributed by atoms with Gasteiger partial charge in [-0.2, -0.15) is 0 Å². The molecular weight excluding hydrogens is 286 g/mol. The van der Waals surface area contributed by atoms with Crippen LogP contribution in [0, 0.1) is 0 Å². The minimum atomic E-state index is -0.120. The molecule has 4 heteroatoms. The first-order chi connectivity index (χ1) is 10.2. The van der Waals surface area contributed by atoms with Gasteiger partial charge < -0.3 is 10.1 Å². The summed E-state index contributed by atoms with van der Waals surface area (Å²) in [5, 5.41) is 3.42. The molecule has 2 aromatic carbocycles. The number of methoxy groups -OCH3 is 1. The fraction of sp³-hybridized carbons (Fsp3) is 0.235. The number of ether oxygens (including phenoxy) is 1. The number of halogens is 1. The van der Waals surface area contributed by atoms with E-state index in [9.17, 15) is 4.79 Å². The van der Waals surface area contributed by atoms with Gasteiger partial charge in [0.15, 0.2) is 0 Å². The summed E-state index contributed by atoms with van der Waals surface area (Å²) in [4.78, 5) is 12.1. The van der Waals surface area contributed by atoms with Crippen LogP contribution in [0.15, 0.2) is 48.5 Å². The summed E-state index contributed by atoms with van der Waals surface area (Å²) in [6, 6.07) is 15.3. The summed E-state index contributed by atoms with van der Waals surface area (Å²) in [6.45, 7) is 1.21. The standard InChI is InChI=1S/C17H18ClNO2/c1-21-9-5-8-19-17(20)15-10-14(11-16(18)12-15)13-6-3-2-4-7-13/h2-4,6-7,10-12H,5,8-9H2,1H3,(H,19,20). The fourth-order valence-electron chi connectivity index (χ4n) is 2.04. The predicted molar refractivity (Wildman–Crippen MR) is 85.7 cm³/mol. The summed E-state index contributed by atoms with van der Waals surface area (Å²) in [7, 11) is 1.64. The molecule has 0 aliphatic carbocycles. The third-order valence-corrected chi connectivity index (χ3v) is 3.30. The Bertz CT molecular complexity index is 599. The Morgan fingerprint density at radius 1 is 1.14 bits per heavy atom. The number of amides is 1. The van der Waals surface area contributed by atoms with Gasteiger partial charge in [-0.15, -0.1) is 0 Å². The highest BCUT2D eigenvalue weighted by Gasteiger charge is 2.08. The van der Waals surface area contributed by atoms with Crippen LogP contribution < -0.4 is 5.32 Å². The van der Waals surface area contributed by atoms with Gasteiger partial charge in [-0.05, 0) is 35.7 Å². The molecule has 0 aromatic heterocycles. The van der Waals surface area contributed by atoms with Crippen LogP contribution in [0.25, 0.3) is 11.1 Å². The van der Waals surface area contributed by atoms with Gasteiger partial charge in [-0.3, -0.25) is 4.79 Å². The highest BCUT2D eigenvalue weighted by Crippen LogP contribution is 2.24. The molecular formula is C17H18ClNO2. The van der Waals surface area contributed by atoms with Gasteiger partial charge in [0.25, 0.3) is 5.91 Å². The predicted octanol–water partition coefficient (Wildman–Crippen LogP) is 3.77. The number of hydrogen-bond donors (Lipinski definition) is 1. The molecule has 2 aromatic rings. The van der Waals surface area contributed by atoms with E-state index in [1.165, 1.54) is 0 Å². The van der Waals surface area contributed by atoms with Crippen molar-refractivity contribution in [1.29, 1.82) is 0 Å². The quantitative estimate of drug-likeness (QED) is 0.825. The Balaban J connectivity index is 2.13. The van der Waals surface area contributed by atoms with E-state index in [4.69, 9.17) is 16.3 Å². The topological polar surface area (TPSA) is 38.3 Å². The molecule has 3 nitrogen and oxygen atoms in total. The summed E-state index contributed by atoms with van der Waals surface area (Å²) >= 11 is 6.13. The average Bonchev–Trinajstić information content (AvgIpc) is 2.51. The minimum absolute atomic E-state index is 0.120. The second-order valence-electron chi connectivity index (χ2n) is 4.70. The molecule has 110 valence electrons. The Morgan fingerprint density at radius 3 is 2.62 bits per heavy atom. The van der Waals surface area contributed by atoms with Crippen molar-refractivity contribution >= 4 is 17.5 Å². The number of carbonyl (C=O) groups is 1. The normalized spacial score (nSPS) is 10.4. The summed E-state index contributed by atoms with van der Waals surface area (Å²) in [5.74, 6) is -0.120. The zero-order valence-corrected chi connectivity index (χ0v) is 12.7. The van der Waals surface area contributed by atoms with Crippen LogP contribution in [0.1, 0.15) is 16.8 Å². The van der Waals surface area contributed by atoms with Gasteiger partial charge in [-0.1, -0.05) is 41.9 Å². The minimum Gasteiger partial charge on any atom is -0.385 e. The van der Waals surface area contributed by atoms with Crippen molar-refractivity contribution in [3.05, 3.63) is 59.1 Å². The number of rotatable bonds is 6. The van der Waals surface area contributed by atoms with Crippen molar-refractivity contribution in [1.82, 2.24) is 5.32 Å². The Labute approximate surface area is 129 Å². The molecule has 0 spiro atoms. The largest absolute Gasteiger partial charge is 0.385 e. The lowest BCUT2D eigenvalue weighted by molar-refractivity contribution is 0.0948. The van der Waals surface area contributed by atoms with E-state index in [0.717, 1.165) is 17.5 Å². The smallest absolute Gasteiger partial charge is 0.251 e. The average molecular weight is 304 g/mol. The summed E-state index contributed by atoms with van der Waals surface area (Å²) in [5.41, 5.74) is 2.54. The van der Waals surface area contributed by atoms with Crippen molar-refractivity contribution in [2.24, 2.45) is 0 Å².